The van der Waals surface area contributed by atoms with E-state index in [2.05, 4.69) is 15.8 Å². The molecular weight excluding hydrogens is 315 g/mol. The SMILES string of the molecule is O=C(NN[C@H]1CC(=O)N(c2ccc(F)cc2)C1=O)c1cccnc1. The maximum absolute atomic E-state index is 13.0. The minimum atomic E-state index is -0.886. The first-order chi connectivity index (χ1) is 11.6. The van der Waals surface area contributed by atoms with Crippen LogP contribution in [0.25, 0.3) is 0 Å². The molecule has 0 spiro atoms. The Bertz CT molecular complexity index is 780. The second-order valence-electron chi connectivity index (χ2n) is 5.14. The third kappa shape index (κ3) is 3.13. The molecule has 0 aliphatic carbocycles. The lowest BCUT2D eigenvalue weighted by Crippen LogP contribution is -2.48. The van der Waals surface area contributed by atoms with E-state index in [-0.39, 0.29) is 12.1 Å². The molecule has 24 heavy (non-hydrogen) atoms. The predicted octanol–water partition coefficient (Wildman–Crippen LogP) is 0.787. The van der Waals surface area contributed by atoms with Gasteiger partial charge < -0.3 is 0 Å². The highest BCUT2D eigenvalue weighted by molar-refractivity contribution is 6.22. The summed E-state index contributed by atoms with van der Waals surface area (Å²) in [5.41, 5.74) is 5.55. The van der Waals surface area contributed by atoms with Gasteiger partial charge in [-0.1, -0.05) is 0 Å². The average molecular weight is 328 g/mol. The summed E-state index contributed by atoms with van der Waals surface area (Å²) in [4.78, 5) is 41.1. The van der Waals surface area contributed by atoms with Gasteiger partial charge >= 0.3 is 0 Å². The molecule has 1 aliphatic rings. The molecule has 3 amide bonds. The largest absolute Gasteiger partial charge is 0.287 e. The van der Waals surface area contributed by atoms with E-state index in [9.17, 15) is 18.8 Å². The smallest absolute Gasteiger partial charge is 0.266 e. The van der Waals surface area contributed by atoms with E-state index in [4.69, 9.17) is 0 Å². The van der Waals surface area contributed by atoms with Crippen molar-refractivity contribution in [3.05, 3.63) is 60.2 Å². The van der Waals surface area contributed by atoms with Gasteiger partial charge in [0.1, 0.15) is 11.9 Å². The zero-order valence-electron chi connectivity index (χ0n) is 12.4. The highest BCUT2D eigenvalue weighted by Crippen LogP contribution is 2.22. The van der Waals surface area contributed by atoms with Gasteiger partial charge in [0.25, 0.3) is 11.8 Å². The second-order valence-corrected chi connectivity index (χ2v) is 5.14. The lowest BCUT2D eigenvalue weighted by Gasteiger charge is -2.15. The fraction of sp³-hybridized carbons (Fsp3) is 0.125. The third-order valence-corrected chi connectivity index (χ3v) is 3.52. The summed E-state index contributed by atoms with van der Waals surface area (Å²) in [6, 6.07) is 7.32. The van der Waals surface area contributed by atoms with Crippen molar-refractivity contribution in [2.75, 3.05) is 4.90 Å². The van der Waals surface area contributed by atoms with Gasteiger partial charge in [-0.05, 0) is 36.4 Å². The lowest BCUT2D eigenvalue weighted by atomic mass is 10.2. The Morgan fingerprint density at radius 3 is 2.62 bits per heavy atom. The summed E-state index contributed by atoms with van der Waals surface area (Å²) in [5, 5.41) is 0. The molecule has 8 heteroatoms. The Morgan fingerprint density at radius 2 is 1.96 bits per heavy atom. The summed E-state index contributed by atoms with van der Waals surface area (Å²) in [6.45, 7) is 0. The van der Waals surface area contributed by atoms with E-state index in [0.717, 1.165) is 4.90 Å². The molecule has 7 nitrogen and oxygen atoms in total. The van der Waals surface area contributed by atoms with Crippen LogP contribution in [-0.4, -0.2) is 28.7 Å². The molecule has 0 unspecified atom stereocenters. The molecule has 2 N–H and O–H groups in total. The normalized spacial score (nSPS) is 17.2. The van der Waals surface area contributed by atoms with Crippen molar-refractivity contribution in [3.8, 4) is 0 Å². The van der Waals surface area contributed by atoms with Crippen LogP contribution >= 0.6 is 0 Å². The number of pyridine rings is 1. The number of carbonyl (C=O) groups is 3. The number of anilines is 1. The fourth-order valence-electron chi connectivity index (χ4n) is 2.33. The Kier molecular flexibility index (Phi) is 4.30. The van der Waals surface area contributed by atoms with Gasteiger partial charge in [0.05, 0.1) is 17.7 Å². The molecule has 0 bridgehead atoms. The van der Waals surface area contributed by atoms with Gasteiger partial charge in [-0.15, -0.1) is 0 Å². The molecule has 1 aliphatic heterocycles. The summed E-state index contributed by atoms with van der Waals surface area (Å²) < 4.78 is 13.0. The minimum Gasteiger partial charge on any atom is -0.287 e. The molecule has 1 aromatic carbocycles. The average Bonchev–Trinajstić information content (AvgIpc) is 2.88. The first-order valence-corrected chi connectivity index (χ1v) is 7.14. The summed E-state index contributed by atoms with van der Waals surface area (Å²) in [6.07, 6.45) is 2.80. The van der Waals surface area contributed by atoms with Crippen molar-refractivity contribution < 1.29 is 18.8 Å². The van der Waals surface area contributed by atoms with E-state index in [0.29, 0.717) is 5.56 Å². The molecule has 2 heterocycles. The standard InChI is InChI=1S/C16H13FN4O3/c17-11-3-5-12(6-4-11)21-14(22)8-13(16(21)24)19-20-15(23)10-2-1-7-18-9-10/h1-7,9,13,19H,8H2,(H,20,23)/t13-/m0/s1. The molecular formula is C16H13FN4O3. The van der Waals surface area contributed by atoms with Gasteiger partial charge in [0.2, 0.25) is 5.91 Å². The first-order valence-electron chi connectivity index (χ1n) is 7.14. The summed E-state index contributed by atoms with van der Waals surface area (Å²) >= 11 is 0. The van der Waals surface area contributed by atoms with E-state index in [1.54, 1.807) is 12.1 Å². The Hall–Kier alpha value is -3.13. The number of aromatic nitrogens is 1. The number of nitrogens with zero attached hydrogens (tertiary/aromatic N) is 2. The third-order valence-electron chi connectivity index (χ3n) is 3.52. The van der Waals surface area contributed by atoms with Gasteiger partial charge in [0.15, 0.2) is 0 Å². The van der Waals surface area contributed by atoms with E-state index < -0.39 is 29.6 Å². The van der Waals surface area contributed by atoms with Gasteiger partial charge in [-0.3, -0.25) is 24.8 Å². The molecule has 2 aromatic rings. The molecule has 3 rings (SSSR count). The molecule has 1 aromatic heterocycles. The topological polar surface area (TPSA) is 91.4 Å². The number of hydrogen-bond acceptors (Lipinski definition) is 5. The number of amides is 3. The predicted molar refractivity (Wildman–Crippen MR) is 82.1 cm³/mol. The highest BCUT2D eigenvalue weighted by Gasteiger charge is 2.39. The number of hydrogen-bond donors (Lipinski definition) is 2. The molecule has 1 fully saturated rings. The van der Waals surface area contributed by atoms with Crippen LogP contribution in [0.3, 0.4) is 0 Å². The monoisotopic (exact) mass is 328 g/mol. The molecule has 0 saturated carbocycles. The Morgan fingerprint density at radius 1 is 1.21 bits per heavy atom. The number of hydrazine groups is 1. The maximum Gasteiger partial charge on any atom is 0.266 e. The zero-order valence-corrected chi connectivity index (χ0v) is 12.4. The van der Waals surface area contributed by atoms with E-state index in [1.165, 1.54) is 36.7 Å². The molecule has 1 saturated heterocycles. The maximum atomic E-state index is 13.0. The van der Waals surface area contributed by atoms with Crippen molar-refractivity contribution in [2.24, 2.45) is 0 Å². The van der Waals surface area contributed by atoms with Crippen molar-refractivity contribution in [1.29, 1.82) is 0 Å². The van der Waals surface area contributed by atoms with Crippen LogP contribution in [0.1, 0.15) is 16.8 Å². The molecule has 0 radical (unpaired) electrons. The highest BCUT2D eigenvalue weighted by atomic mass is 19.1. The van der Waals surface area contributed by atoms with Crippen molar-refractivity contribution >= 4 is 23.4 Å². The number of imide groups is 1. The van der Waals surface area contributed by atoms with Gasteiger partial charge in [-0.25, -0.2) is 14.7 Å². The van der Waals surface area contributed by atoms with Crippen LogP contribution in [0.15, 0.2) is 48.8 Å². The quantitative estimate of drug-likeness (QED) is 0.639. The fourth-order valence-corrected chi connectivity index (χ4v) is 2.33. The van der Waals surface area contributed by atoms with E-state index in [1.807, 2.05) is 0 Å². The molecule has 122 valence electrons. The Labute approximate surface area is 136 Å². The van der Waals surface area contributed by atoms with Crippen molar-refractivity contribution in [3.63, 3.8) is 0 Å². The number of benzene rings is 1. The van der Waals surface area contributed by atoms with Crippen molar-refractivity contribution in [1.82, 2.24) is 15.8 Å². The summed E-state index contributed by atoms with van der Waals surface area (Å²) in [7, 11) is 0. The number of halogens is 1. The zero-order chi connectivity index (χ0) is 17.1. The van der Waals surface area contributed by atoms with Crippen molar-refractivity contribution in [2.45, 2.75) is 12.5 Å². The van der Waals surface area contributed by atoms with Crippen LogP contribution in [-0.2, 0) is 9.59 Å². The first kappa shape index (κ1) is 15.8. The second kappa shape index (κ2) is 6.55. The summed E-state index contributed by atoms with van der Waals surface area (Å²) in [5.74, 6) is -1.88. The van der Waals surface area contributed by atoms with E-state index >= 15 is 0 Å². The van der Waals surface area contributed by atoms with Crippen LogP contribution in [0.5, 0.6) is 0 Å². The van der Waals surface area contributed by atoms with Crippen LogP contribution in [0, 0.1) is 5.82 Å². The molecule has 1 atom stereocenters. The van der Waals surface area contributed by atoms with Gasteiger partial charge in [0, 0.05) is 12.4 Å². The van der Waals surface area contributed by atoms with Crippen LogP contribution < -0.4 is 15.8 Å². The lowest BCUT2D eigenvalue weighted by molar-refractivity contribution is -0.121. The van der Waals surface area contributed by atoms with Crippen LogP contribution in [0.2, 0.25) is 0 Å². The minimum absolute atomic E-state index is 0.108. The van der Waals surface area contributed by atoms with Crippen LogP contribution in [0.4, 0.5) is 10.1 Å². The number of rotatable bonds is 4. The number of nitrogens with one attached hydrogen (secondary N) is 2. The van der Waals surface area contributed by atoms with Gasteiger partial charge in [-0.2, -0.15) is 0 Å². The Balaban J connectivity index is 1.66. The number of carbonyl (C=O) groups excluding carboxylic acids is 3.